The third-order valence-electron chi connectivity index (χ3n) is 4.21. The Morgan fingerprint density at radius 2 is 2.05 bits per heavy atom. The van der Waals surface area contributed by atoms with E-state index >= 15 is 0 Å². The maximum absolute atomic E-state index is 10.4. The first-order valence-electron chi connectivity index (χ1n) is 8.11. The lowest BCUT2D eigenvalue weighted by Gasteiger charge is -2.22. The highest BCUT2D eigenvalue weighted by Crippen LogP contribution is 2.24. The topological polar surface area (TPSA) is 81.6 Å². The van der Waals surface area contributed by atoms with Gasteiger partial charge in [-0.1, -0.05) is 31.4 Å². The first-order chi connectivity index (χ1) is 10.6. The second-order valence-electron chi connectivity index (χ2n) is 6.13. The molecule has 1 amide bonds. The van der Waals surface area contributed by atoms with E-state index < -0.39 is 12.2 Å². The first-order valence-corrected chi connectivity index (χ1v) is 8.11. The predicted octanol–water partition coefficient (Wildman–Crippen LogP) is 2.85. The van der Waals surface area contributed by atoms with E-state index in [1.54, 1.807) is 0 Å². The lowest BCUT2D eigenvalue weighted by molar-refractivity contribution is 0.157. The molecule has 0 heterocycles. The third-order valence-corrected chi connectivity index (χ3v) is 4.21. The molecule has 5 nitrogen and oxygen atoms in total. The molecule has 0 radical (unpaired) electrons. The minimum Gasteiger partial charge on any atom is -0.465 e. The van der Waals surface area contributed by atoms with Crippen molar-refractivity contribution in [3.63, 3.8) is 0 Å². The van der Waals surface area contributed by atoms with Gasteiger partial charge >= 0.3 is 6.09 Å². The van der Waals surface area contributed by atoms with Gasteiger partial charge in [0.25, 0.3) is 0 Å². The number of rotatable bonds is 7. The van der Waals surface area contributed by atoms with Crippen LogP contribution >= 0.6 is 0 Å². The van der Waals surface area contributed by atoms with Crippen LogP contribution in [0.2, 0.25) is 0 Å². The van der Waals surface area contributed by atoms with Crippen LogP contribution < -0.4 is 10.6 Å². The van der Waals surface area contributed by atoms with Gasteiger partial charge in [0.05, 0.1) is 6.10 Å². The number of benzene rings is 1. The van der Waals surface area contributed by atoms with Crippen molar-refractivity contribution in [2.75, 3.05) is 18.4 Å². The minimum atomic E-state index is -1.11. The molecule has 0 saturated heterocycles. The molecule has 0 aliphatic heterocycles. The lowest BCUT2D eigenvalue weighted by atomic mass is 9.89. The second-order valence-corrected chi connectivity index (χ2v) is 6.13. The van der Waals surface area contributed by atoms with Crippen LogP contribution in [0.3, 0.4) is 0 Å². The fourth-order valence-corrected chi connectivity index (χ4v) is 3.01. The molecule has 1 aliphatic rings. The zero-order valence-electron chi connectivity index (χ0n) is 12.9. The summed E-state index contributed by atoms with van der Waals surface area (Å²) in [6.07, 6.45) is 5.31. The number of carboxylic acid groups (broad SMARTS) is 1. The third kappa shape index (κ3) is 5.93. The van der Waals surface area contributed by atoms with E-state index in [4.69, 9.17) is 5.11 Å². The SMILES string of the molecule is O=C(O)NCC(O)Cc1cccc(NCC2CCCCC2)c1. The maximum Gasteiger partial charge on any atom is 0.404 e. The Kier molecular flexibility index (Phi) is 6.52. The van der Waals surface area contributed by atoms with Crippen LogP contribution in [0.4, 0.5) is 10.5 Å². The Morgan fingerprint density at radius 3 is 2.77 bits per heavy atom. The number of hydrogen-bond acceptors (Lipinski definition) is 3. The average molecular weight is 306 g/mol. The van der Waals surface area contributed by atoms with E-state index in [1.807, 2.05) is 24.3 Å². The van der Waals surface area contributed by atoms with Gasteiger partial charge in [0.15, 0.2) is 0 Å². The summed E-state index contributed by atoms with van der Waals surface area (Å²) in [5.41, 5.74) is 2.08. The summed E-state index contributed by atoms with van der Waals surface area (Å²) < 4.78 is 0. The summed E-state index contributed by atoms with van der Waals surface area (Å²) in [6.45, 7) is 1.06. The van der Waals surface area contributed by atoms with Crippen molar-refractivity contribution in [3.8, 4) is 0 Å². The quantitative estimate of drug-likeness (QED) is 0.624. The molecule has 1 aromatic rings. The Labute approximate surface area is 131 Å². The largest absolute Gasteiger partial charge is 0.465 e. The van der Waals surface area contributed by atoms with Gasteiger partial charge in [-0.25, -0.2) is 4.79 Å². The van der Waals surface area contributed by atoms with Crippen molar-refractivity contribution < 1.29 is 15.0 Å². The number of aliphatic hydroxyl groups is 1. The molecule has 1 aromatic carbocycles. The van der Waals surface area contributed by atoms with Crippen molar-refractivity contribution in [2.45, 2.75) is 44.6 Å². The first kappa shape index (κ1) is 16.6. The van der Waals surface area contributed by atoms with Crippen LogP contribution in [0.5, 0.6) is 0 Å². The van der Waals surface area contributed by atoms with Gasteiger partial charge in [-0.3, -0.25) is 0 Å². The molecule has 1 fully saturated rings. The molecule has 0 spiro atoms. The average Bonchev–Trinajstić information content (AvgIpc) is 2.52. The van der Waals surface area contributed by atoms with Crippen molar-refractivity contribution in [2.24, 2.45) is 5.92 Å². The molecule has 1 atom stereocenters. The Morgan fingerprint density at radius 1 is 1.27 bits per heavy atom. The number of carbonyl (C=O) groups is 1. The molecule has 22 heavy (non-hydrogen) atoms. The highest BCUT2D eigenvalue weighted by molar-refractivity contribution is 5.64. The highest BCUT2D eigenvalue weighted by atomic mass is 16.4. The van der Waals surface area contributed by atoms with E-state index in [9.17, 15) is 9.90 Å². The molecule has 1 unspecified atom stereocenters. The fourth-order valence-electron chi connectivity index (χ4n) is 3.01. The van der Waals surface area contributed by atoms with Gasteiger partial charge in [-0.05, 0) is 36.5 Å². The van der Waals surface area contributed by atoms with E-state index in [0.717, 1.165) is 23.7 Å². The maximum atomic E-state index is 10.4. The van der Waals surface area contributed by atoms with E-state index in [0.29, 0.717) is 6.42 Å². The van der Waals surface area contributed by atoms with Crippen molar-refractivity contribution in [3.05, 3.63) is 29.8 Å². The Balaban J connectivity index is 1.79. The zero-order chi connectivity index (χ0) is 15.8. The standard InChI is InChI=1S/C17H26N2O3/c20-16(12-19-17(21)22)10-14-7-4-8-15(9-14)18-11-13-5-2-1-3-6-13/h4,7-9,13,16,18-20H,1-3,5-6,10-12H2,(H,21,22). The van der Waals surface area contributed by atoms with Gasteiger partial charge in [0.2, 0.25) is 0 Å². The van der Waals surface area contributed by atoms with Crippen LogP contribution in [0.15, 0.2) is 24.3 Å². The normalized spacial score (nSPS) is 17.0. The summed E-state index contributed by atoms with van der Waals surface area (Å²) in [5, 5.41) is 24.1. The number of amides is 1. The molecule has 0 bridgehead atoms. The Bertz CT molecular complexity index is 473. The summed E-state index contributed by atoms with van der Waals surface area (Å²) in [5.74, 6) is 0.766. The Hall–Kier alpha value is -1.75. The lowest BCUT2D eigenvalue weighted by Crippen LogP contribution is -2.32. The second kappa shape index (κ2) is 8.63. The number of anilines is 1. The molecule has 0 aromatic heterocycles. The van der Waals surface area contributed by atoms with Crippen LogP contribution in [-0.2, 0) is 6.42 Å². The molecule has 1 aliphatic carbocycles. The van der Waals surface area contributed by atoms with Crippen LogP contribution in [0.25, 0.3) is 0 Å². The van der Waals surface area contributed by atoms with E-state index in [1.165, 1.54) is 32.1 Å². The monoisotopic (exact) mass is 306 g/mol. The van der Waals surface area contributed by atoms with Crippen LogP contribution in [0.1, 0.15) is 37.7 Å². The van der Waals surface area contributed by atoms with Gasteiger partial charge in [-0.15, -0.1) is 0 Å². The molecule has 4 N–H and O–H groups in total. The molecule has 5 heteroatoms. The summed E-state index contributed by atoms with van der Waals surface area (Å²) in [6, 6.07) is 7.99. The van der Waals surface area contributed by atoms with Gasteiger partial charge in [0, 0.05) is 25.2 Å². The molecule has 1 saturated carbocycles. The van der Waals surface area contributed by atoms with Crippen LogP contribution in [-0.4, -0.2) is 35.5 Å². The fraction of sp³-hybridized carbons (Fsp3) is 0.588. The number of aliphatic hydroxyl groups excluding tert-OH is 1. The summed E-state index contributed by atoms with van der Waals surface area (Å²) >= 11 is 0. The molecule has 2 rings (SSSR count). The van der Waals surface area contributed by atoms with E-state index in [-0.39, 0.29) is 6.54 Å². The molecular formula is C17H26N2O3. The van der Waals surface area contributed by atoms with Gasteiger partial charge in [0.1, 0.15) is 0 Å². The highest BCUT2D eigenvalue weighted by Gasteiger charge is 2.13. The molecule has 122 valence electrons. The van der Waals surface area contributed by atoms with Gasteiger partial charge < -0.3 is 20.8 Å². The summed E-state index contributed by atoms with van der Waals surface area (Å²) in [4.78, 5) is 10.4. The van der Waals surface area contributed by atoms with Crippen molar-refractivity contribution in [1.29, 1.82) is 0 Å². The smallest absolute Gasteiger partial charge is 0.404 e. The van der Waals surface area contributed by atoms with Gasteiger partial charge in [-0.2, -0.15) is 0 Å². The predicted molar refractivity (Wildman–Crippen MR) is 87.2 cm³/mol. The number of hydrogen-bond donors (Lipinski definition) is 4. The van der Waals surface area contributed by atoms with Crippen molar-refractivity contribution in [1.82, 2.24) is 5.32 Å². The summed E-state index contributed by atoms with van der Waals surface area (Å²) in [7, 11) is 0. The van der Waals surface area contributed by atoms with Crippen LogP contribution in [0, 0.1) is 5.92 Å². The van der Waals surface area contributed by atoms with Crippen molar-refractivity contribution >= 4 is 11.8 Å². The minimum absolute atomic E-state index is 0.0507. The molecular weight excluding hydrogens is 280 g/mol. The number of nitrogens with one attached hydrogen (secondary N) is 2. The zero-order valence-corrected chi connectivity index (χ0v) is 12.9. The van der Waals surface area contributed by atoms with E-state index in [2.05, 4.69) is 10.6 Å².